The molecule has 0 radical (unpaired) electrons. The maximum Gasteiger partial charge on any atom is 0.140 e. The molecule has 0 amide bonds. The molecule has 17 heavy (non-hydrogen) atoms. The molecule has 2 aromatic rings. The quantitative estimate of drug-likeness (QED) is 0.779. The summed E-state index contributed by atoms with van der Waals surface area (Å²) in [6.07, 6.45) is 5.91. The Morgan fingerprint density at radius 3 is 2.59 bits per heavy atom. The molecule has 86 valence electrons. The van der Waals surface area contributed by atoms with Crippen molar-refractivity contribution >= 4 is 11.6 Å². The molecule has 1 aliphatic carbocycles. The summed E-state index contributed by atoms with van der Waals surface area (Å²) in [6.45, 7) is 0. The molecule has 1 fully saturated rings. The lowest BCUT2D eigenvalue weighted by atomic mass is 10.1. The van der Waals surface area contributed by atoms with Crippen molar-refractivity contribution in [1.29, 1.82) is 0 Å². The smallest absolute Gasteiger partial charge is 0.140 e. The Morgan fingerprint density at radius 1 is 1.18 bits per heavy atom. The number of halogens is 1. The predicted octanol–water partition coefficient (Wildman–Crippen LogP) is 3.34. The average molecular weight is 247 g/mol. The van der Waals surface area contributed by atoms with Crippen molar-refractivity contribution in [3.05, 3.63) is 41.9 Å². The van der Waals surface area contributed by atoms with Gasteiger partial charge in [0.1, 0.15) is 17.2 Å². The van der Waals surface area contributed by atoms with E-state index in [-0.39, 0.29) is 0 Å². The monoisotopic (exact) mass is 246 g/mol. The van der Waals surface area contributed by atoms with E-state index in [1.54, 1.807) is 6.20 Å². The first kappa shape index (κ1) is 10.5. The molecule has 1 aromatic carbocycles. The van der Waals surface area contributed by atoms with Crippen molar-refractivity contribution in [2.45, 2.75) is 18.9 Å². The Labute approximate surface area is 104 Å². The second kappa shape index (κ2) is 4.34. The van der Waals surface area contributed by atoms with E-state index in [1.165, 1.54) is 19.2 Å². The highest BCUT2D eigenvalue weighted by Gasteiger charge is 2.23. The summed E-state index contributed by atoms with van der Waals surface area (Å²) in [5, 5.41) is 0.468. The predicted molar refractivity (Wildman–Crippen MR) is 66.1 cm³/mol. The molecular formula is C13H11ClN2O. The summed E-state index contributed by atoms with van der Waals surface area (Å²) in [4.78, 5) is 7.94. The van der Waals surface area contributed by atoms with Gasteiger partial charge < -0.3 is 4.74 Å². The minimum atomic E-state index is 0.421. The molecule has 0 aliphatic heterocycles. The summed E-state index contributed by atoms with van der Waals surface area (Å²) >= 11 is 6.01. The van der Waals surface area contributed by atoms with Gasteiger partial charge in [0.05, 0.1) is 6.10 Å². The molecule has 3 nitrogen and oxygen atoms in total. The van der Waals surface area contributed by atoms with E-state index in [1.807, 2.05) is 24.3 Å². The third kappa shape index (κ3) is 2.39. The fourth-order valence-electron chi connectivity index (χ4n) is 1.60. The molecule has 3 rings (SSSR count). The van der Waals surface area contributed by atoms with E-state index in [0.717, 1.165) is 16.9 Å². The first-order valence-corrected chi connectivity index (χ1v) is 5.93. The van der Waals surface area contributed by atoms with Crippen LogP contribution in [0.1, 0.15) is 12.8 Å². The molecule has 0 saturated heterocycles. The summed E-state index contributed by atoms with van der Waals surface area (Å²) < 4.78 is 5.68. The van der Waals surface area contributed by atoms with Gasteiger partial charge in [-0.25, -0.2) is 9.97 Å². The lowest BCUT2D eigenvalue weighted by Crippen LogP contribution is -1.95. The minimum Gasteiger partial charge on any atom is -0.490 e. The maximum atomic E-state index is 6.01. The molecule has 1 saturated carbocycles. The summed E-state index contributed by atoms with van der Waals surface area (Å²) in [6, 6.07) is 7.86. The Morgan fingerprint density at radius 2 is 1.94 bits per heavy atom. The third-order valence-corrected chi connectivity index (χ3v) is 2.96. The van der Waals surface area contributed by atoms with Crippen LogP contribution in [0.2, 0.25) is 5.15 Å². The van der Waals surface area contributed by atoms with Gasteiger partial charge in [0.25, 0.3) is 0 Å². The Balaban J connectivity index is 1.86. The van der Waals surface area contributed by atoms with Gasteiger partial charge in [-0.05, 0) is 30.5 Å². The van der Waals surface area contributed by atoms with Gasteiger partial charge in [-0.15, -0.1) is 0 Å². The van der Waals surface area contributed by atoms with Crippen molar-refractivity contribution in [1.82, 2.24) is 9.97 Å². The van der Waals surface area contributed by atoms with Crippen LogP contribution in [0, 0.1) is 0 Å². The van der Waals surface area contributed by atoms with Gasteiger partial charge in [-0.1, -0.05) is 23.7 Å². The lowest BCUT2D eigenvalue weighted by Gasteiger charge is -2.06. The molecule has 0 N–H and O–H groups in total. The second-order valence-corrected chi connectivity index (χ2v) is 4.43. The first-order chi connectivity index (χ1) is 8.33. The number of aromatic nitrogens is 2. The number of hydrogen-bond donors (Lipinski definition) is 0. The summed E-state index contributed by atoms with van der Waals surface area (Å²) in [7, 11) is 0. The van der Waals surface area contributed by atoms with Crippen LogP contribution in [0.5, 0.6) is 5.75 Å². The van der Waals surface area contributed by atoms with E-state index in [9.17, 15) is 0 Å². The standard InChI is InChI=1S/C13H11ClN2O/c14-13-12(7-15-8-16-13)9-1-3-10(4-2-9)17-11-5-6-11/h1-4,7-8,11H,5-6H2. The van der Waals surface area contributed by atoms with E-state index in [4.69, 9.17) is 16.3 Å². The summed E-state index contributed by atoms with van der Waals surface area (Å²) in [5.74, 6) is 0.907. The third-order valence-electron chi connectivity index (χ3n) is 2.66. The van der Waals surface area contributed by atoms with Crippen LogP contribution in [-0.2, 0) is 0 Å². The topological polar surface area (TPSA) is 35.0 Å². The van der Waals surface area contributed by atoms with E-state index in [2.05, 4.69) is 9.97 Å². The average Bonchev–Trinajstić information content (AvgIpc) is 3.15. The van der Waals surface area contributed by atoms with E-state index in [0.29, 0.717) is 11.3 Å². The zero-order valence-corrected chi connectivity index (χ0v) is 9.89. The van der Waals surface area contributed by atoms with Crippen molar-refractivity contribution in [2.75, 3.05) is 0 Å². The van der Waals surface area contributed by atoms with Crippen molar-refractivity contribution in [3.8, 4) is 16.9 Å². The molecular weight excluding hydrogens is 236 g/mol. The van der Waals surface area contributed by atoms with Crippen LogP contribution in [0.15, 0.2) is 36.8 Å². The SMILES string of the molecule is Clc1ncncc1-c1ccc(OC2CC2)cc1. The molecule has 0 atom stereocenters. The highest BCUT2D eigenvalue weighted by Crippen LogP contribution is 2.30. The fraction of sp³-hybridized carbons (Fsp3) is 0.231. The second-order valence-electron chi connectivity index (χ2n) is 4.07. The Bertz CT molecular complexity index is 523. The molecule has 0 bridgehead atoms. The normalized spacial score (nSPS) is 14.6. The fourth-order valence-corrected chi connectivity index (χ4v) is 1.80. The van der Waals surface area contributed by atoms with E-state index < -0.39 is 0 Å². The van der Waals surface area contributed by atoms with Crippen LogP contribution in [-0.4, -0.2) is 16.1 Å². The highest BCUT2D eigenvalue weighted by atomic mass is 35.5. The van der Waals surface area contributed by atoms with Crippen LogP contribution in [0.25, 0.3) is 11.1 Å². The Hall–Kier alpha value is -1.61. The van der Waals surface area contributed by atoms with Crippen LogP contribution in [0.4, 0.5) is 0 Å². The van der Waals surface area contributed by atoms with Crippen molar-refractivity contribution < 1.29 is 4.74 Å². The number of nitrogens with zero attached hydrogens (tertiary/aromatic N) is 2. The largest absolute Gasteiger partial charge is 0.490 e. The number of ether oxygens (including phenoxy) is 1. The molecule has 1 heterocycles. The number of hydrogen-bond acceptors (Lipinski definition) is 3. The zero-order valence-electron chi connectivity index (χ0n) is 9.14. The van der Waals surface area contributed by atoms with Crippen LogP contribution >= 0.6 is 11.6 Å². The molecule has 0 spiro atoms. The van der Waals surface area contributed by atoms with Gasteiger partial charge in [-0.3, -0.25) is 0 Å². The molecule has 1 aromatic heterocycles. The minimum absolute atomic E-state index is 0.421. The first-order valence-electron chi connectivity index (χ1n) is 5.55. The Kier molecular flexibility index (Phi) is 2.69. The van der Waals surface area contributed by atoms with E-state index >= 15 is 0 Å². The van der Waals surface area contributed by atoms with Crippen LogP contribution in [0.3, 0.4) is 0 Å². The molecule has 1 aliphatic rings. The lowest BCUT2D eigenvalue weighted by molar-refractivity contribution is 0.303. The molecule has 0 unspecified atom stereocenters. The van der Waals surface area contributed by atoms with Crippen molar-refractivity contribution in [2.24, 2.45) is 0 Å². The number of benzene rings is 1. The van der Waals surface area contributed by atoms with Gasteiger partial charge >= 0.3 is 0 Å². The number of rotatable bonds is 3. The molecule has 4 heteroatoms. The van der Waals surface area contributed by atoms with Gasteiger partial charge in [0, 0.05) is 11.8 Å². The highest BCUT2D eigenvalue weighted by molar-refractivity contribution is 6.32. The van der Waals surface area contributed by atoms with Crippen molar-refractivity contribution in [3.63, 3.8) is 0 Å². The maximum absolute atomic E-state index is 6.01. The van der Waals surface area contributed by atoms with Crippen LogP contribution < -0.4 is 4.74 Å². The zero-order chi connectivity index (χ0) is 11.7. The van der Waals surface area contributed by atoms with Gasteiger partial charge in [-0.2, -0.15) is 0 Å². The van der Waals surface area contributed by atoms with Gasteiger partial charge in [0.15, 0.2) is 0 Å². The summed E-state index contributed by atoms with van der Waals surface area (Å²) in [5.41, 5.74) is 1.84. The van der Waals surface area contributed by atoms with Gasteiger partial charge in [0.2, 0.25) is 0 Å².